The lowest BCUT2D eigenvalue weighted by Crippen LogP contribution is -2.12. The van der Waals surface area contributed by atoms with E-state index in [0.717, 1.165) is 12.1 Å². The summed E-state index contributed by atoms with van der Waals surface area (Å²) in [6.07, 6.45) is -0.0464. The minimum Gasteiger partial charge on any atom is -0.478 e. The lowest BCUT2D eigenvalue weighted by Gasteiger charge is -2.13. The highest BCUT2D eigenvalue weighted by atomic mass is 19.4. The van der Waals surface area contributed by atoms with Gasteiger partial charge in [0.1, 0.15) is 5.75 Å². The van der Waals surface area contributed by atoms with E-state index in [1.165, 1.54) is 13.0 Å². The third-order valence-electron chi connectivity index (χ3n) is 2.00. The highest BCUT2D eigenvalue weighted by molar-refractivity contribution is 5.78. The maximum Gasteiger partial charge on any atom is 0.417 e. The van der Waals surface area contributed by atoms with Crippen LogP contribution in [0, 0.1) is 12.3 Å². The molecule has 17 heavy (non-hydrogen) atoms. The van der Waals surface area contributed by atoms with Crippen molar-refractivity contribution in [3.05, 3.63) is 29.3 Å². The van der Waals surface area contributed by atoms with Crippen molar-refractivity contribution < 1.29 is 22.7 Å². The van der Waals surface area contributed by atoms with Crippen molar-refractivity contribution in [2.75, 3.05) is 0 Å². The quantitative estimate of drug-likeness (QED) is 0.601. The van der Waals surface area contributed by atoms with Gasteiger partial charge in [-0.25, -0.2) is 0 Å². The molecule has 0 N–H and O–H groups in total. The summed E-state index contributed by atoms with van der Waals surface area (Å²) in [7, 11) is 0. The van der Waals surface area contributed by atoms with Crippen LogP contribution in [0.3, 0.4) is 0 Å². The van der Waals surface area contributed by atoms with Gasteiger partial charge >= 0.3 is 6.18 Å². The van der Waals surface area contributed by atoms with Crippen molar-refractivity contribution in [1.29, 1.82) is 0 Å². The molecule has 0 saturated carbocycles. The number of benzene rings is 1. The number of halogens is 3. The summed E-state index contributed by atoms with van der Waals surface area (Å²) in [5.41, 5.74) is -1.47. The van der Waals surface area contributed by atoms with Crippen LogP contribution in [-0.2, 0) is 6.18 Å². The number of hydrogen-bond acceptors (Lipinski definition) is 2. The fraction of sp³-hybridized carbons (Fsp3) is 0.250. The van der Waals surface area contributed by atoms with Crippen molar-refractivity contribution in [2.24, 2.45) is 0 Å². The first-order valence-corrected chi connectivity index (χ1v) is 4.67. The SMILES string of the molecule is C#CC(C)Oc1ccc(C=O)c(C(F)(F)F)c1. The monoisotopic (exact) mass is 242 g/mol. The van der Waals surface area contributed by atoms with E-state index in [1.54, 1.807) is 0 Å². The highest BCUT2D eigenvalue weighted by Gasteiger charge is 2.33. The Morgan fingerprint density at radius 3 is 2.59 bits per heavy atom. The molecule has 0 amide bonds. The van der Waals surface area contributed by atoms with Gasteiger partial charge in [-0.05, 0) is 25.1 Å². The average molecular weight is 242 g/mol. The molecule has 1 unspecified atom stereocenters. The number of rotatable bonds is 3. The second-order valence-corrected chi connectivity index (χ2v) is 3.29. The van der Waals surface area contributed by atoms with Gasteiger partial charge in [-0.2, -0.15) is 13.2 Å². The summed E-state index contributed by atoms with van der Waals surface area (Å²) >= 11 is 0. The minimum atomic E-state index is -4.60. The molecule has 5 heteroatoms. The summed E-state index contributed by atoms with van der Waals surface area (Å²) in [6.45, 7) is 1.53. The van der Waals surface area contributed by atoms with E-state index in [9.17, 15) is 18.0 Å². The Balaban J connectivity index is 3.15. The zero-order chi connectivity index (χ0) is 13.1. The molecule has 2 nitrogen and oxygen atoms in total. The number of carbonyl (C=O) groups excluding carboxylic acids is 1. The molecule has 1 aromatic rings. The number of terminal acetylenes is 1. The van der Waals surface area contributed by atoms with E-state index in [0.29, 0.717) is 0 Å². The van der Waals surface area contributed by atoms with Crippen LogP contribution in [0.15, 0.2) is 18.2 Å². The summed E-state index contributed by atoms with van der Waals surface area (Å²) < 4.78 is 42.8. The normalized spacial score (nSPS) is 12.6. The topological polar surface area (TPSA) is 26.3 Å². The van der Waals surface area contributed by atoms with Gasteiger partial charge in [0, 0.05) is 5.56 Å². The van der Waals surface area contributed by atoms with Crippen LogP contribution in [-0.4, -0.2) is 12.4 Å². The van der Waals surface area contributed by atoms with Crippen LogP contribution in [0.2, 0.25) is 0 Å². The average Bonchev–Trinajstić information content (AvgIpc) is 2.27. The molecular formula is C12H9F3O2. The Bertz CT molecular complexity index is 458. The van der Waals surface area contributed by atoms with Crippen LogP contribution in [0.1, 0.15) is 22.8 Å². The molecule has 1 rings (SSSR count). The lowest BCUT2D eigenvalue weighted by molar-refractivity contribution is -0.138. The van der Waals surface area contributed by atoms with Gasteiger partial charge < -0.3 is 4.74 Å². The molecule has 0 spiro atoms. The van der Waals surface area contributed by atoms with Crippen LogP contribution in [0.5, 0.6) is 5.75 Å². The summed E-state index contributed by atoms with van der Waals surface area (Å²) in [4.78, 5) is 10.5. The van der Waals surface area contributed by atoms with Gasteiger partial charge in [0.15, 0.2) is 12.4 Å². The number of alkyl halides is 3. The third kappa shape index (κ3) is 3.25. The number of hydrogen-bond donors (Lipinski definition) is 0. The molecular weight excluding hydrogens is 233 g/mol. The van der Waals surface area contributed by atoms with Crippen LogP contribution < -0.4 is 4.74 Å². The standard InChI is InChI=1S/C12H9F3O2/c1-3-8(2)17-10-5-4-9(7-16)11(6-10)12(13,14)15/h1,4-8H,2H3. The first-order chi connectivity index (χ1) is 7.88. The van der Waals surface area contributed by atoms with E-state index in [1.807, 2.05) is 0 Å². The zero-order valence-electron chi connectivity index (χ0n) is 8.91. The molecule has 0 aliphatic carbocycles. The molecule has 0 fully saturated rings. The fourth-order valence-corrected chi connectivity index (χ4v) is 1.20. The van der Waals surface area contributed by atoms with Gasteiger partial charge in [0.25, 0.3) is 0 Å². The Morgan fingerprint density at radius 2 is 2.12 bits per heavy atom. The first kappa shape index (κ1) is 13.1. The molecule has 0 aromatic heterocycles. The molecule has 0 radical (unpaired) electrons. The highest BCUT2D eigenvalue weighted by Crippen LogP contribution is 2.33. The molecule has 1 aromatic carbocycles. The minimum absolute atomic E-state index is 0.0200. The number of carbonyl (C=O) groups is 1. The summed E-state index contributed by atoms with van der Waals surface area (Å²) in [5.74, 6) is 2.21. The predicted molar refractivity (Wildman–Crippen MR) is 55.8 cm³/mol. The smallest absolute Gasteiger partial charge is 0.417 e. The Hall–Kier alpha value is -1.96. The molecule has 0 saturated heterocycles. The van der Waals surface area contributed by atoms with Gasteiger partial charge in [-0.15, -0.1) is 6.42 Å². The Kier molecular flexibility index (Phi) is 3.79. The van der Waals surface area contributed by atoms with Crippen LogP contribution >= 0.6 is 0 Å². The second-order valence-electron chi connectivity index (χ2n) is 3.29. The molecule has 1 atom stereocenters. The molecule has 0 heterocycles. The van der Waals surface area contributed by atoms with E-state index in [2.05, 4.69) is 5.92 Å². The summed E-state index contributed by atoms with van der Waals surface area (Å²) in [5, 5.41) is 0. The molecule has 0 aliphatic heterocycles. The largest absolute Gasteiger partial charge is 0.478 e. The Morgan fingerprint density at radius 1 is 1.47 bits per heavy atom. The molecule has 90 valence electrons. The number of aldehydes is 1. The van der Waals surface area contributed by atoms with E-state index in [4.69, 9.17) is 11.2 Å². The van der Waals surface area contributed by atoms with Crippen molar-refractivity contribution in [2.45, 2.75) is 19.2 Å². The second kappa shape index (κ2) is 4.91. The summed E-state index contributed by atoms with van der Waals surface area (Å²) in [6, 6.07) is 3.08. The maximum atomic E-state index is 12.6. The third-order valence-corrected chi connectivity index (χ3v) is 2.00. The van der Waals surface area contributed by atoms with Crippen molar-refractivity contribution in [3.63, 3.8) is 0 Å². The van der Waals surface area contributed by atoms with Crippen molar-refractivity contribution in [1.82, 2.24) is 0 Å². The van der Waals surface area contributed by atoms with Gasteiger partial charge in [-0.1, -0.05) is 5.92 Å². The molecule has 0 aliphatic rings. The van der Waals surface area contributed by atoms with Crippen LogP contribution in [0.4, 0.5) is 13.2 Å². The van der Waals surface area contributed by atoms with Crippen molar-refractivity contribution in [3.8, 4) is 18.1 Å². The maximum absolute atomic E-state index is 12.6. The number of ether oxygens (including phenoxy) is 1. The lowest BCUT2D eigenvalue weighted by atomic mass is 10.1. The van der Waals surface area contributed by atoms with E-state index in [-0.39, 0.29) is 12.0 Å². The fourth-order valence-electron chi connectivity index (χ4n) is 1.20. The Labute approximate surface area is 96.4 Å². The van der Waals surface area contributed by atoms with Gasteiger partial charge in [0.05, 0.1) is 5.56 Å². The predicted octanol–water partition coefficient (Wildman–Crippen LogP) is 2.92. The van der Waals surface area contributed by atoms with E-state index < -0.39 is 23.4 Å². The van der Waals surface area contributed by atoms with E-state index >= 15 is 0 Å². The molecule has 0 bridgehead atoms. The zero-order valence-corrected chi connectivity index (χ0v) is 8.91. The van der Waals surface area contributed by atoms with Gasteiger partial charge in [-0.3, -0.25) is 4.79 Å². The first-order valence-electron chi connectivity index (χ1n) is 4.67. The van der Waals surface area contributed by atoms with Crippen LogP contribution in [0.25, 0.3) is 0 Å². The van der Waals surface area contributed by atoms with Crippen molar-refractivity contribution >= 4 is 6.29 Å². The van der Waals surface area contributed by atoms with Gasteiger partial charge in [0.2, 0.25) is 0 Å².